The molecule has 0 atom stereocenters. The molecule has 18 heavy (non-hydrogen) atoms. The van der Waals surface area contributed by atoms with Crippen LogP contribution in [-0.4, -0.2) is 5.11 Å². The van der Waals surface area contributed by atoms with Crippen LogP contribution < -0.4 is 5.32 Å². The molecule has 0 aliphatic rings. The van der Waals surface area contributed by atoms with Crippen molar-refractivity contribution in [2.24, 2.45) is 0 Å². The van der Waals surface area contributed by atoms with Gasteiger partial charge in [0.1, 0.15) is 11.6 Å². The minimum atomic E-state index is -0.210. The maximum atomic E-state index is 13.3. The number of rotatable bonds is 3. The van der Waals surface area contributed by atoms with Gasteiger partial charge in [0, 0.05) is 12.2 Å². The number of hydrogen-bond donors (Lipinski definition) is 2. The van der Waals surface area contributed by atoms with E-state index in [2.05, 4.69) is 5.32 Å². The van der Waals surface area contributed by atoms with Gasteiger partial charge < -0.3 is 10.4 Å². The number of phenolic OH excluding ortho intramolecular Hbond substituents is 1. The molecule has 2 aromatic carbocycles. The number of aryl methyl sites for hydroxylation is 1. The highest BCUT2D eigenvalue weighted by atomic mass is 35.5. The maximum Gasteiger partial charge on any atom is 0.134 e. The molecule has 0 heterocycles. The molecule has 0 saturated heterocycles. The Hall–Kier alpha value is -1.74. The van der Waals surface area contributed by atoms with Gasteiger partial charge in [-0.25, -0.2) is 4.39 Å². The fraction of sp³-hybridized carbons (Fsp3) is 0.143. The second-order valence-electron chi connectivity index (χ2n) is 4.10. The predicted octanol–water partition coefficient (Wildman–Crippen LogP) is 4.11. The average molecular weight is 266 g/mol. The minimum Gasteiger partial charge on any atom is -0.506 e. The molecule has 0 radical (unpaired) electrons. The van der Waals surface area contributed by atoms with E-state index in [1.165, 1.54) is 12.1 Å². The molecule has 0 aliphatic carbocycles. The van der Waals surface area contributed by atoms with E-state index in [1.807, 2.05) is 6.07 Å². The largest absolute Gasteiger partial charge is 0.506 e. The summed E-state index contributed by atoms with van der Waals surface area (Å²) in [5, 5.41) is 12.7. The van der Waals surface area contributed by atoms with Crippen molar-refractivity contribution in [3.8, 4) is 5.75 Å². The van der Waals surface area contributed by atoms with Crippen molar-refractivity contribution in [1.29, 1.82) is 0 Å². The lowest BCUT2D eigenvalue weighted by Crippen LogP contribution is -2.00. The Kier molecular flexibility index (Phi) is 3.72. The number of halogens is 2. The number of benzene rings is 2. The predicted molar refractivity (Wildman–Crippen MR) is 71.6 cm³/mol. The van der Waals surface area contributed by atoms with E-state index >= 15 is 0 Å². The van der Waals surface area contributed by atoms with Crippen molar-refractivity contribution >= 4 is 17.3 Å². The van der Waals surface area contributed by atoms with Crippen molar-refractivity contribution in [2.45, 2.75) is 13.5 Å². The number of aromatic hydroxyl groups is 1. The van der Waals surface area contributed by atoms with Gasteiger partial charge in [-0.3, -0.25) is 0 Å². The summed E-state index contributed by atoms with van der Waals surface area (Å²) in [6, 6.07) is 9.97. The van der Waals surface area contributed by atoms with Crippen molar-refractivity contribution in [3.63, 3.8) is 0 Å². The molecule has 0 unspecified atom stereocenters. The fourth-order valence-electron chi connectivity index (χ4n) is 1.57. The Bertz CT molecular complexity index is 520. The molecular formula is C14H13ClFNO. The van der Waals surface area contributed by atoms with Crippen molar-refractivity contribution < 1.29 is 9.50 Å². The van der Waals surface area contributed by atoms with Crippen LogP contribution in [0.2, 0.25) is 5.02 Å². The Morgan fingerprint density at radius 1 is 1.22 bits per heavy atom. The molecule has 0 amide bonds. The van der Waals surface area contributed by atoms with E-state index < -0.39 is 0 Å². The Morgan fingerprint density at radius 2 is 2.00 bits per heavy atom. The van der Waals surface area contributed by atoms with Crippen LogP contribution in [0.15, 0.2) is 36.4 Å². The second-order valence-corrected chi connectivity index (χ2v) is 4.51. The van der Waals surface area contributed by atoms with E-state index in [4.69, 9.17) is 11.6 Å². The molecule has 2 nitrogen and oxygen atoms in total. The normalized spacial score (nSPS) is 10.4. The first kappa shape index (κ1) is 12.7. The van der Waals surface area contributed by atoms with Gasteiger partial charge in [-0.15, -0.1) is 0 Å². The van der Waals surface area contributed by atoms with E-state index in [-0.39, 0.29) is 16.6 Å². The van der Waals surface area contributed by atoms with E-state index in [1.54, 1.807) is 25.1 Å². The SMILES string of the molecule is Cc1ccc(CNc2ccc(O)c(Cl)c2)cc1F. The number of phenols is 1. The zero-order chi connectivity index (χ0) is 13.1. The van der Waals surface area contributed by atoms with Gasteiger partial charge in [0.25, 0.3) is 0 Å². The van der Waals surface area contributed by atoms with Gasteiger partial charge in [0.05, 0.1) is 5.02 Å². The Morgan fingerprint density at radius 3 is 2.67 bits per heavy atom. The molecule has 4 heteroatoms. The van der Waals surface area contributed by atoms with Crippen LogP contribution in [0.4, 0.5) is 10.1 Å². The summed E-state index contributed by atoms with van der Waals surface area (Å²) in [6.45, 7) is 2.23. The van der Waals surface area contributed by atoms with Crippen LogP contribution in [-0.2, 0) is 6.54 Å². The smallest absolute Gasteiger partial charge is 0.134 e. The molecule has 0 fully saturated rings. The van der Waals surface area contributed by atoms with Crippen LogP contribution in [0.3, 0.4) is 0 Å². The zero-order valence-electron chi connectivity index (χ0n) is 9.87. The monoisotopic (exact) mass is 265 g/mol. The molecule has 2 aromatic rings. The summed E-state index contributed by atoms with van der Waals surface area (Å²) >= 11 is 5.79. The van der Waals surface area contributed by atoms with Crippen LogP contribution in [0, 0.1) is 12.7 Å². The summed E-state index contributed by atoms with van der Waals surface area (Å²) in [4.78, 5) is 0. The van der Waals surface area contributed by atoms with Crippen molar-refractivity contribution in [2.75, 3.05) is 5.32 Å². The first-order valence-corrected chi connectivity index (χ1v) is 5.91. The highest BCUT2D eigenvalue weighted by molar-refractivity contribution is 6.32. The van der Waals surface area contributed by atoms with Gasteiger partial charge in [-0.2, -0.15) is 0 Å². The van der Waals surface area contributed by atoms with Gasteiger partial charge in [-0.1, -0.05) is 23.7 Å². The van der Waals surface area contributed by atoms with Gasteiger partial charge in [0.15, 0.2) is 0 Å². The van der Waals surface area contributed by atoms with Crippen LogP contribution >= 0.6 is 11.6 Å². The third kappa shape index (κ3) is 2.93. The molecule has 0 saturated carbocycles. The van der Waals surface area contributed by atoms with Gasteiger partial charge in [0.2, 0.25) is 0 Å². The summed E-state index contributed by atoms with van der Waals surface area (Å²) in [5.74, 6) is -0.165. The molecule has 0 bridgehead atoms. The van der Waals surface area contributed by atoms with Crippen molar-refractivity contribution in [3.05, 3.63) is 58.4 Å². The van der Waals surface area contributed by atoms with Gasteiger partial charge >= 0.3 is 0 Å². The number of hydrogen-bond acceptors (Lipinski definition) is 2. The topological polar surface area (TPSA) is 32.3 Å². The lowest BCUT2D eigenvalue weighted by atomic mass is 10.1. The molecule has 0 aliphatic heterocycles. The van der Waals surface area contributed by atoms with Crippen LogP contribution in [0.25, 0.3) is 0 Å². The highest BCUT2D eigenvalue weighted by Crippen LogP contribution is 2.26. The summed E-state index contributed by atoms with van der Waals surface area (Å²) in [7, 11) is 0. The standard InChI is InChI=1S/C14H13ClFNO/c1-9-2-3-10(6-13(9)16)8-17-11-4-5-14(18)12(15)7-11/h2-7,17-18H,8H2,1H3. The molecule has 2 N–H and O–H groups in total. The van der Waals surface area contributed by atoms with E-state index in [0.29, 0.717) is 12.1 Å². The van der Waals surface area contributed by atoms with E-state index in [0.717, 1.165) is 11.3 Å². The molecule has 0 aromatic heterocycles. The zero-order valence-corrected chi connectivity index (χ0v) is 10.6. The van der Waals surface area contributed by atoms with Crippen LogP contribution in [0.1, 0.15) is 11.1 Å². The average Bonchev–Trinajstić information content (AvgIpc) is 2.35. The number of anilines is 1. The first-order valence-electron chi connectivity index (χ1n) is 5.53. The lowest BCUT2D eigenvalue weighted by molar-refractivity contribution is 0.475. The maximum absolute atomic E-state index is 13.3. The lowest BCUT2D eigenvalue weighted by Gasteiger charge is -2.08. The molecule has 94 valence electrons. The summed E-state index contributed by atoms with van der Waals surface area (Å²) < 4.78 is 13.3. The quantitative estimate of drug-likeness (QED) is 0.819. The van der Waals surface area contributed by atoms with Crippen molar-refractivity contribution in [1.82, 2.24) is 0 Å². The van der Waals surface area contributed by atoms with Gasteiger partial charge in [-0.05, 0) is 42.3 Å². The van der Waals surface area contributed by atoms with E-state index in [9.17, 15) is 9.50 Å². The second kappa shape index (κ2) is 5.27. The minimum absolute atomic E-state index is 0.0450. The molecular weight excluding hydrogens is 253 g/mol. The Balaban J connectivity index is 2.06. The molecule has 2 rings (SSSR count). The fourth-order valence-corrected chi connectivity index (χ4v) is 1.75. The third-order valence-electron chi connectivity index (χ3n) is 2.68. The molecule has 0 spiro atoms. The summed E-state index contributed by atoms with van der Waals surface area (Å²) in [5.41, 5.74) is 2.26. The highest BCUT2D eigenvalue weighted by Gasteiger charge is 2.02. The summed E-state index contributed by atoms with van der Waals surface area (Å²) in [6.07, 6.45) is 0. The number of nitrogens with one attached hydrogen (secondary N) is 1. The van der Waals surface area contributed by atoms with Crippen LogP contribution in [0.5, 0.6) is 5.75 Å². The third-order valence-corrected chi connectivity index (χ3v) is 2.98. The first-order chi connectivity index (χ1) is 8.56. The Labute approximate surface area is 110 Å².